The number of hydrogen-bond acceptors (Lipinski definition) is 8. The Morgan fingerprint density at radius 3 is 1.30 bits per heavy atom. The van der Waals surface area contributed by atoms with Gasteiger partial charge in [0.25, 0.3) is 0 Å². The summed E-state index contributed by atoms with van der Waals surface area (Å²) in [6.07, 6.45) is 52.0. The molecule has 0 aromatic heterocycles. The molecular formula is C52H98NO10P. The Labute approximate surface area is 391 Å². The minimum atomic E-state index is -4.76. The summed E-state index contributed by atoms with van der Waals surface area (Å²) in [5.74, 6) is -2.36. The molecule has 3 unspecified atom stereocenters. The van der Waals surface area contributed by atoms with E-state index >= 15 is 0 Å². The van der Waals surface area contributed by atoms with Gasteiger partial charge in [-0.15, -0.1) is 0 Å². The topological polar surface area (TPSA) is 169 Å². The van der Waals surface area contributed by atoms with Crippen molar-refractivity contribution in [2.45, 2.75) is 270 Å². The molecule has 0 heterocycles. The van der Waals surface area contributed by atoms with Gasteiger partial charge in [0.05, 0.1) is 13.2 Å². The minimum Gasteiger partial charge on any atom is -0.480 e. The second-order valence-corrected chi connectivity index (χ2v) is 19.5. The first kappa shape index (κ1) is 62.0. The van der Waals surface area contributed by atoms with Gasteiger partial charge in [-0.3, -0.25) is 18.6 Å². The van der Waals surface area contributed by atoms with Crippen molar-refractivity contribution in [2.24, 2.45) is 0 Å². The van der Waals surface area contributed by atoms with Crippen molar-refractivity contribution >= 4 is 25.7 Å². The largest absolute Gasteiger partial charge is 0.480 e. The molecule has 0 aromatic carbocycles. The molecule has 0 aliphatic rings. The number of hydrogen-bond donors (Lipinski definition) is 4. The van der Waals surface area contributed by atoms with E-state index in [4.69, 9.17) is 13.8 Å². The first-order chi connectivity index (χ1) is 31.1. The van der Waals surface area contributed by atoms with Gasteiger partial charge in [0, 0.05) is 12.8 Å². The lowest BCUT2D eigenvalue weighted by molar-refractivity contribution is -0.147. The zero-order valence-corrected chi connectivity index (χ0v) is 42.0. The summed E-state index contributed by atoms with van der Waals surface area (Å²) in [6.45, 7) is 2.62. The van der Waals surface area contributed by atoms with Crippen LogP contribution in [0.25, 0.3) is 0 Å². The molecule has 11 nitrogen and oxygen atoms in total. The third-order valence-electron chi connectivity index (χ3n) is 11.7. The minimum absolute atomic E-state index is 0.143. The molecule has 0 bridgehead atoms. The number of aliphatic hydroxyl groups excluding tert-OH is 1. The summed E-state index contributed by atoms with van der Waals surface area (Å²) >= 11 is 0. The summed E-state index contributed by atoms with van der Waals surface area (Å²) in [5, 5.41) is 21.9. The smallest absolute Gasteiger partial charge is 0.472 e. The molecule has 0 saturated carbocycles. The van der Waals surface area contributed by atoms with Gasteiger partial charge >= 0.3 is 19.8 Å². The van der Waals surface area contributed by atoms with Crippen molar-refractivity contribution in [3.63, 3.8) is 0 Å². The van der Waals surface area contributed by atoms with Crippen molar-refractivity contribution in [1.29, 1.82) is 0 Å². The Hall–Kier alpha value is -2.04. The third-order valence-corrected chi connectivity index (χ3v) is 12.7. The van der Waals surface area contributed by atoms with Crippen molar-refractivity contribution < 1.29 is 47.8 Å². The molecule has 0 spiro atoms. The fourth-order valence-corrected chi connectivity index (χ4v) is 8.41. The molecule has 3 atom stereocenters. The molecule has 0 radical (unpaired) electrons. The van der Waals surface area contributed by atoms with Gasteiger partial charge in [-0.1, -0.05) is 224 Å². The Bertz CT molecular complexity index is 1180. The van der Waals surface area contributed by atoms with E-state index in [1.807, 2.05) is 0 Å². The molecule has 0 aliphatic heterocycles. The number of carbonyl (C=O) groups excluding carboxylic acids is 2. The number of unbranched alkanes of at least 4 members (excludes halogenated alkanes) is 32. The number of phosphoric acid groups is 1. The van der Waals surface area contributed by atoms with E-state index in [1.54, 1.807) is 0 Å². The van der Waals surface area contributed by atoms with Gasteiger partial charge in [-0.2, -0.15) is 0 Å². The molecule has 0 aromatic rings. The normalized spacial score (nSPS) is 13.7. The average Bonchev–Trinajstić information content (AvgIpc) is 3.27. The summed E-state index contributed by atoms with van der Waals surface area (Å²) < 4.78 is 27.0. The first-order valence-electron chi connectivity index (χ1n) is 26.4. The van der Waals surface area contributed by atoms with Crippen LogP contribution in [0.4, 0.5) is 0 Å². The predicted molar refractivity (Wildman–Crippen MR) is 263 cm³/mol. The number of esters is 1. The van der Waals surface area contributed by atoms with Crippen LogP contribution in [0.15, 0.2) is 24.3 Å². The number of carboxylic acid groups (broad SMARTS) is 1. The lowest BCUT2D eigenvalue weighted by Crippen LogP contribution is -2.43. The maximum Gasteiger partial charge on any atom is 0.472 e. The monoisotopic (exact) mass is 928 g/mol. The van der Waals surface area contributed by atoms with Crippen LogP contribution in [0.2, 0.25) is 0 Å². The Morgan fingerprint density at radius 2 is 0.859 bits per heavy atom. The van der Waals surface area contributed by atoms with Crippen LogP contribution < -0.4 is 5.32 Å². The standard InChI is InChI=1S/C52H98NO10P/c1-3-5-7-9-11-13-15-17-19-21-23-24-26-28-30-32-34-36-38-40-42-44-51(56)61-45-48(54)46-62-64(59,60)63-47-49(52(57)58)53-50(55)43-41-39-37-35-33-31-29-27-25-22-20-18-16-14-12-10-8-6-4-2/h12,14,18,20,48-49,54H,3-11,13,15-17,19,21-47H2,1-2H3,(H,53,55)(H,57,58)(H,59,60)/b14-12-,20-18-. The molecule has 0 fully saturated rings. The zero-order valence-electron chi connectivity index (χ0n) is 41.1. The van der Waals surface area contributed by atoms with Gasteiger partial charge in [-0.05, 0) is 44.9 Å². The van der Waals surface area contributed by atoms with Crippen molar-refractivity contribution in [2.75, 3.05) is 19.8 Å². The van der Waals surface area contributed by atoms with E-state index in [0.717, 1.165) is 57.8 Å². The van der Waals surface area contributed by atoms with Crippen molar-refractivity contribution in [1.82, 2.24) is 5.32 Å². The first-order valence-corrected chi connectivity index (χ1v) is 27.9. The fraction of sp³-hybridized carbons (Fsp3) is 0.865. The number of aliphatic hydroxyl groups is 1. The number of carbonyl (C=O) groups is 3. The second kappa shape index (κ2) is 47.5. The second-order valence-electron chi connectivity index (χ2n) is 18.1. The van der Waals surface area contributed by atoms with Gasteiger partial charge in [-0.25, -0.2) is 9.36 Å². The van der Waals surface area contributed by atoms with Crippen molar-refractivity contribution in [3.05, 3.63) is 24.3 Å². The number of aliphatic carboxylic acids is 1. The van der Waals surface area contributed by atoms with Crippen LogP contribution in [-0.4, -0.2) is 64.9 Å². The Kier molecular flexibility index (Phi) is 45.9. The molecule has 376 valence electrons. The maximum absolute atomic E-state index is 12.4. The summed E-state index contributed by atoms with van der Waals surface area (Å²) in [5.41, 5.74) is 0. The van der Waals surface area contributed by atoms with Gasteiger partial charge in [0.15, 0.2) is 6.04 Å². The van der Waals surface area contributed by atoms with Crippen LogP contribution in [0.5, 0.6) is 0 Å². The fourth-order valence-electron chi connectivity index (χ4n) is 7.64. The van der Waals surface area contributed by atoms with Crippen LogP contribution in [-0.2, 0) is 32.7 Å². The quantitative estimate of drug-likeness (QED) is 0.0199. The molecule has 1 amide bonds. The molecule has 0 rings (SSSR count). The van der Waals surface area contributed by atoms with E-state index in [9.17, 15) is 34.1 Å². The molecule has 0 aliphatic carbocycles. The van der Waals surface area contributed by atoms with Crippen LogP contribution in [0, 0.1) is 0 Å². The number of amides is 1. The Balaban J connectivity index is 3.79. The Morgan fingerprint density at radius 1 is 0.500 bits per heavy atom. The predicted octanol–water partition coefficient (Wildman–Crippen LogP) is 14.6. The number of carboxylic acids is 1. The summed E-state index contributed by atoms with van der Waals surface area (Å²) in [6, 6.07) is -1.55. The van der Waals surface area contributed by atoms with Crippen LogP contribution >= 0.6 is 7.82 Å². The van der Waals surface area contributed by atoms with E-state index in [2.05, 4.69) is 43.5 Å². The number of nitrogens with one attached hydrogen (secondary N) is 1. The maximum atomic E-state index is 12.4. The van der Waals surface area contributed by atoms with E-state index in [1.165, 1.54) is 161 Å². The molecule has 64 heavy (non-hydrogen) atoms. The molecule has 12 heteroatoms. The highest BCUT2D eigenvalue weighted by Crippen LogP contribution is 2.43. The van der Waals surface area contributed by atoms with Crippen LogP contribution in [0.1, 0.15) is 258 Å². The van der Waals surface area contributed by atoms with Crippen molar-refractivity contribution in [3.8, 4) is 0 Å². The molecule has 4 N–H and O–H groups in total. The highest BCUT2D eigenvalue weighted by molar-refractivity contribution is 7.47. The van der Waals surface area contributed by atoms with Gasteiger partial charge in [0.1, 0.15) is 12.7 Å². The lowest BCUT2D eigenvalue weighted by Gasteiger charge is -2.18. The number of ether oxygens (including phenoxy) is 1. The van der Waals surface area contributed by atoms with E-state index in [0.29, 0.717) is 12.8 Å². The summed E-state index contributed by atoms with van der Waals surface area (Å²) in [7, 11) is -4.76. The summed E-state index contributed by atoms with van der Waals surface area (Å²) in [4.78, 5) is 46.1. The lowest BCUT2D eigenvalue weighted by atomic mass is 10.0. The van der Waals surface area contributed by atoms with Gasteiger partial charge in [0.2, 0.25) is 5.91 Å². The number of allylic oxidation sites excluding steroid dienone is 4. The van der Waals surface area contributed by atoms with E-state index in [-0.39, 0.29) is 12.8 Å². The highest BCUT2D eigenvalue weighted by atomic mass is 31.2. The number of phosphoric ester groups is 1. The zero-order chi connectivity index (χ0) is 47.0. The molecule has 0 saturated heterocycles. The highest BCUT2D eigenvalue weighted by Gasteiger charge is 2.28. The molecular weight excluding hydrogens is 830 g/mol. The third kappa shape index (κ3) is 46.5. The number of rotatable bonds is 50. The van der Waals surface area contributed by atoms with Gasteiger partial charge < -0.3 is 25.2 Å². The van der Waals surface area contributed by atoms with Crippen LogP contribution in [0.3, 0.4) is 0 Å². The average molecular weight is 928 g/mol. The SMILES string of the molecule is CCCCC/C=C\C/C=C\CCCCCCCCCCCC(=O)NC(COP(=O)(O)OCC(O)COC(=O)CCCCCCCCCCCCCCCCCCCCCCC)C(=O)O. The van der Waals surface area contributed by atoms with E-state index < -0.39 is 57.6 Å².